The minimum atomic E-state index is -5.03. The average Bonchev–Trinajstić information content (AvgIpc) is 3.34. The molecule has 1 aliphatic rings. The molecular weight excluding hydrogens is 614 g/mol. The molecule has 16 heteroatoms. The van der Waals surface area contributed by atoms with Crippen LogP contribution in [0.3, 0.4) is 0 Å². The van der Waals surface area contributed by atoms with E-state index in [1.54, 1.807) is 6.92 Å². The van der Waals surface area contributed by atoms with E-state index in [2.05, 4.69) is 25.2 Å². The molecule has 1 amide bonds. The number of ether oxygens (including phenoxy) is 2. The quantitative estimate of drug-likeness (QED) is 0.159. The van der Waals surface area contributed by atoms with Gasteiger partial charge in [0.1, 0.15) is 48.7 Å². The molecule has 1 atom stereocenters. The highest BCUT2D eigenvalue weighted by molar-refractivity contribution is 5.99. The normalized spacial score (nSPS) is 15.0. The minimum Gasteiger partial charge on any atom is -0.490 e. The highest BCUT2D eigenvalue weighted by atomic mass is 19.4. The van der Waals surface area contributed by atoms with Crippen LogP contribution in [0.2, 0.25) is 0 Å². The third kappa shape index (κ3) is 6.48. The molecule has 2 aromatic carbocycles. The first kappa shape index (κ1) is 31.9. The second kappa shape index (κ2) is 11.8. The zero-order chi connectivity index (χ0) is 32.7. The van der Waals surface area contributed by atoms with Gasteiger partial charge in [-0.1, -0.05) is 0 Å². The van der Waals surface area contributed by atoms with Crippen LogP contribution < -0.4 is 14.8 Å². The fraction of sp³-hybridized carbons (Fsp3) is 0.310. The monoisotopic (exact) mass is 638 g/mol. The summed E-state index contributed by atoms with van der Waals surface area (Å²) in [7, 11) is 0. The maximum Gasteiger partial charge on any atom is 0.453 e. The fourth-order valence-corrected chi connectivity index (χ4v) is 4.89. The third-order valence-corrected chi connectivity index (χ3v) is 7.19. The van der Waals surface area contributed by atoms with E-state index in [4.69, 9.17) is 4.74 Å². The number of halogens is 6. The highest BCUT2D eigenvalue weighted by Gasteiger charge is 2.47. The van der Waals surface area contributed by atoms with E-state index < -0.39 is 73.3 Å². The number of aromatic nitrogens is 3. The minimum absolute atomic E-state index is 0.103. The summed E-state index contributed by atoms with van der Waals surface area (Å²) in [6.07, 6.45) is -8.72. The molecule has 0 aliphatic carbocycles. The van der Waals surface area contributed by atoms with Crippen LogP contribution in [-0.4, -0.2) is 75.2 Å². The number of fused-ring (bicyclic) bond motifs is 2. The van der Waals surface area contributed by atoms with Gasteiger partial charge in [-0.05, 0) is 55.5 Å². The Balaban J connectivity index is 1.54. The van der Waals surface area contributed by atoms with Crippen LogP contribution in [0.5, 0.6) is 11.5 Å². The highest BCUT2D eigenvalue weighted by Crippen LogP contribution is 2.47. The van der Waals surface area contributed by atoms with Crippen LogP contribution in [0.4, 0.5) is 26.3 Å². The number of rotatable bonds is 9. The second-order valence-electron chi connectivity index (χ2n) is 10.5. The van der Waals surface area contributed by atoms with Crippen molar-refractivity contribution in [2.24, 2.45) is 0 Å². The van der Waals surface area contributed by atoms with Gasteiger partial charge in [0.15, 0.2) is 5.75 Å². The number of pyridine rings is 1. The van der Waals surface area contributed by atoms with Crippen molar-refractivity contribution in [1.29, 1.82) is 0 Å². The van der Waals surface area contributed by atoms with E-state index >= 15 is 0 Å². The zero-order valence-corrected chi connectivity index (χ0v) is 23.2. The van der Waals surface area contributed by atoms with Gasteiger partial charge in [-0.2, -0.15) is 18.3 Å². The number of amides is 1. The topological polar surface area (TPSA) is 147 Å². The van der Waals surface area contributed by atoms with Crippen LogP contribution >= 0.6 is 0 Å². The lowest BCUT2D eigenvalue weighted by atomic mass is 9.83. The largest absolute Gasteiger partial charge is 0.490 e. The number of hydrogen-bond donors (Lipinski definition) is 4. The Kier molecular flexibility index (Phi) is 8.33. The number of carbonyl (C=O) groups is 1. The Morgan fingerprint density at radius 1 is 1.07 bits per heavy atom. The van der Waals surface area contributed by atoms with Crippen LogP contribution in [0.25, 0.3) is 22.2 Å². The smallest absolute Gasteiger partial charge is 0.453 e. The van der Waals surface area contributed by atoms with Gasteiger partial charge < -0.3 is 30.1 Å². The molecule has 0 saturated carbocycles. The van der Waals surface area contributed by atoms with Gasteiger partial charge in [0, 0.05) is 28.6 Å². The Bertz CT molecular complexity index is 1740. The van der Waals surface area contributed by atoms with E-state index in [9.17, 15) is 46.5 Å². The van der Waals surface area contributed by atoms with Crippen molar-refractivity contribution in [3.05, 3.63) is 76.9 Å². The number of nitrogens with zero attached hydrogens (tertiary/aromatic N) is 3. The van der Waals surface area contributed by atoms with E-state index in [1.165, 1.54) is 24.3 Å². The zero-order valence-electron chi connectivity index (χ0n) is 23.2. The Morgan fingerprint density at radius 3 is 2.38 bits per heavy atom. The lowest BCUT2D eigenvalue weighted by Crippen LogP contribution is -2.37. The number of aryl methyl sites for hydroxylation is 1. The van der Waals surface area contributed by atoms with Gasteiger partial charge in [-0.3, -0.25) is 4.79 Å². The van der Waals surface area contributed by atoms with Crippen molar-refractivity contribution in [3.8, 4) is 22.8 Å². The predicted molar refractivity (Wildman–Crippen MR) is 144 cm³/mol. The molecular formula is C29H24F6N4O6. The number of nitrogens with one attached hydrogen (secondary N) is 1. The van der Waals surface area contributed by atoms with Crippen LogP contribution in [0.1, 0.15) is 33.2 Å². The first-order valence-electron chi connectivity index (χ1n) is 13.2. The number of aliphatic hydroxyl groups is 3. The molecule has 5 rings (SSSR count). The van der Waals surface area contributed by atoms with Crippen LogP contribution in [-0.2, 0) is 5.41 Å². The lowest BCUT2D eigenvalue weighted by molar-refractivity contribution is -0.419. The molecule has 0 bridgehead atoms. The van der Waals surface area contributed by atoms with Gasteiger partial charge in [-0.15, -0.1) is 5.10 Å². The SMILES string of the molecule is Cc1cc2cc(C(=O)NCC(c3cc4c(c(-c5ccc(F)cc5)n3)OCC4(CF)CF)C(F)(F)F)cc(OC(O)(O)O)c2nn1. The molecule has 4 N–H and O–H groups in total. The molecule has 10 nitrogen and oxygen atoms in total. The van der Waals surface area contributed by atoms with Gasteiger partial charge in [0.2, 0.25) is 0 Å². The maximum atomic E-state index is 14.5. The predicted octanol–water partition coefficient (Wildman–Crippen LogP) is 3.75. The summed E-state index contributed by atoms with van der Waals surface area (Å²) in [6, 6.07) is 8.97. The summed E-state index contributed by atoms with van der Waals surface area (Å²) in [5.41, 5.74) is -2.89. The van der Waals surface area contributed by atoms with Crippen molar-refractivity contribution >= 4 is 16.8 Å². The molecule has 0 spiro atoms. The van der Waals surface area contributed by atoms with Gasteiger partial charge in [-0.25, -0.2) is 18.2 Å². The molecule has 1 aliphatic heterocycles. The Morgan fingerprint density at radius 2 is 1.76 bits per heavy atom. The molecule has 3 heterocycles. The van der Waals surface area contributed by atoms with Crippen LogP contribution in [0.15, 0.2) is 48.5 Å². The first-order valence-corrected chi connectivity index (χ1v) is 13.2. The average molecular weight is 639 g/mol. The van der Waals surface area contributed by atoms with Crippen molar-refractivity contribution in [2.45, 2.75) is 30.6 Å². The van der Waals surface area contributed by atoms with Gasteiger partial charge in [0.25, 0.3) is 5.91 Å². The van der Waals surface area contributed by atoms with Gasteiger partial charge in [0.05, 0.1) is 16.8 Å². The van der Waals surface area contributed by atoms with Crippen LogP contribution in [0, 0.1) is 12.7 Å². The number of carbonyl (C=O) groups excluding carboxylic acids is 1. The number of hydrogen-bond acceptors (Lipinski definition) is 9. The summed E-state index contributed by atoms with van der Waals surface area (Å²) >= 11 is 0. The molecule has 238 valence electrons. The standard InChI is InChI=1S/C29H24F6N4O6/c1-14-6-16-7-17(8-22(23(16)39-38-14)45-29(41,42)43)26(40)36-10-20(28(33,34)35)21-9-19-25(44-13-27(19,11-30)12-31)24(37-21)15-2-4-18(32)5-3-15/h2-9,20,41-43H,10-13H2,1H3,(H,36,40). The summed E-state index contributed by atoms with van der Waals surface area (Å²) in [5, 5.41) is 37.8. The van der Waals surface area contributed by atoms with Crippen molar-refractivity contribution in [2.75, 3.05) is 26.5 Å². The lowest BCUT2D eigenvalue weighted by Gasteiger charge is -2.24. The fourth-order valence-electron chi connectivity index (χ4n) is 4.89. The molecule has 0 saturated heterocycles. The number of benzene rings is 2. The summed E-state index contributed by atoms with van der Waals surface area (Å²) in [6.45, 7) is -2.62. The van der Waals surface area contributed by atoms with Crippen molar-refractivity contribution in [3.63, 3.8) is 0 Å². The third-order valence-electron chi connectivity index (χ3n) is 7.19. The summed E-state index contributed by atoms with van der Waals surface area (Å²) < 4.78 is 95.6. The second-order valence-corrected chi connectivity index (χ2v) is 10.5. The Hall–Kier alpha value is -4.54. The van der Waals surface area contributed by atoms with Crippen molar-refractivity contribution in [1.82, 2.24) is 20.5 Å². The molecule has 0 fully saturated rings. The molecule has 4 aromatic rings. The van der Waals surface area contributed by atoms with E-state index in [1.807, 2.05) is 0 Å². The Labute approximate surface area is 250 Å². The summed E-state index contributed by atoms with van der Waals surface area (Å²) in [5.74, 6) is -4.87. The van der Waals surface area contributed by atoms with Gasteiger partial charge >= 0.3 is 12.3 Å². The molecule has 45 heavy (non-hydrogen) atoms. The molecule has 0 radical (unpaired) electrons. The number of alkyl halides is 5. The molecule has 2 aromatic heterocycles. The van der Waals surface area contributed by atoms with E-state index in [0.29, 0.717) is 5.69 Å². The summed E-state index contributed by atoms with van der Waals surface area (Å²) in [4.78, 5) is 17.2. The molecule has 1 unspecified atom stereocenters. The van der Waals surface area contributed by atoms with E-state index in [0.717, 1.165) is 24.3 Å². The first-order chi connectivity index (χ1) is 21.1. The maximum absolute atomic E-state index is 14.5. The van der Waals surface area contributed by atoms with Crippen molar-refractivity contribution < 1.29 is 55.9 Å². The van der Waals surface area contributed by atoms with E-state index in [-0.39, 0.29) is 39.0 Å².